The third-order valence-electron chi connectivity index (χ3n) is 3.51. The standard InChI is InChI=1S/C17H17N3O/c1-11-6-7-12-9-13(17(21)20-16(12)8-11)10-19-15-5-3-2-4-14(15)18/h2-9,19H,10,18H2,1H3,(H,20,21). The van der Waals surface area contributed by atoms with Crippen LogP contribution in [0.1, 0.15) is 11.1 Å². The minimum Gasteiger partial charge on any atom is -0.397 e. The molecule has 4 heteroatoms. The van der Waals surface area contributed by atoms with Crippen LogP contribution in [0.5, 0.6) is 0 Å². The Balaban J connectivity index is 1.91. The van der Waals surface area contributed by atoms with Crippen molar-refractivity contribution in [1.82, 2.24) is 4.98 Å². The maximum Gasteiger partial charge on any atom is 0.253 e. The number of nitrogens with one attached hydrogen (secondary N) is 2. The highest BCUT2D eigenvalue weighted by molar-refractivity contribution is 5.79. The Hall–Kier alpha value is -2.75. The van der Waals surface area contributed by atoms with Crippen LogP contribution in [0.2, 0.25) is 0 Å². The van der Waals surface area contributed by atoms with E-state index in [0.717, 1.165) is 22.2 Å². The molecule has 4 N–H and O–H groups in total. The highest BCUT2D eigenvalue weighted by Gasteiger charge is 2.04. The van der Waals surface area contributed by atoms with Crippen LogP contribution in [0.25, 0.3) is 10.9 Å². The quantitative estimate of drug-likeness (QED) is 0.645. The zero-order valence-electron chi connectivity index (χ0n) is 11.8. The number of hydrogen-bond donors (Lipinski definition) is 3. The van der Waals surface area contributed by atoms with Gasteiger partial charge < -0.3 is 16.0 Å². The van der Waals surface area contributed by atoms with Gasteiger partial charge in [-0.1, -0.05) is 24.3 Å². The lowest BCUT2D eigenvalue weighted by Gasteiger charge is -2.09. The summed E-state index contributed by atoms with van der Waals surface area (Å²) < 4.78 is 0. The molecule has 0 saturated carbocycles. The van der Waals surface area contributed by atoms with Gasteiger partial charge in [0.05, 0.1) is 11.4 Å². The minimum absolute atomic E-state index is 0.0740. The highest BCUT2D eigenvalue weighted by Crippen LogP contribution is 2.18. The van der Waals surface area contributed by atoms with E-state index in [0.29, 0.717) is 17.8 Å². The Morgan fingerprint density at radius 1 is 1.14 bits per heavy atom. The summed E-state index contributed by atoms with van der Waals surface area (Å²) in [7, 11) is 0. The molecule has 0 bridgehead atoms. The first-order chi connectivity index (χ1) is 10.1. The summed E-state index contributed by atoms with van der Waals surface area (Å²) in [5, 5.41) is 4.23. The van der Waals surface area contributed by atoms with Crippen molar-refractivity contribution in [2.75, 3.05) is 11.1 Å². The number of fused-ring (bicyclic) bond motifs is 1. The number of aromatic amines is 1. The molecular weight excluding hydrogens is 262 g/mol. The number of hydrogen-bond acceptors (Lipinski definition) is 3. The molecule has 4 nitrogen and oxygen atoms in total. The molecule has 0 unspecified atom stereocenters. The second-order valence-corrected chi connectivity index (χ2v) is 5.16. The van der Waals surface area contributed by atoms with Crippen molar-refractivity contribution in [3.8, 4) is 0 Å². The Kier molecular flexibility index (Phi) is 3.36. The predicted molar refractivity (Wildman–Crippen MR) is 87.5 cm³/mol. The molecule has 0 aliphatic heterocycles. The molecule has 0 atom stereocenters. The van der Waals surface area contributed by atoms with Crippen molar-refractivity contribution >= 4 is 22.3 Å². The van der Waals surface area contributed by atoms with Gasteiger partial charge in [-0.3, -0.25) is 4.79 Å². The van der Waals surface area contributed by atoms with Gasteiger partial charge in [0.15, 0.2) is 0 Å². The fraction of sp³-hybridized carbons (Fsp3) is 0.118. The number of nitrogen functional groups attached to an aromatic ring is 1. The number of nitrogens with two attached hydrogens (primary N) is 1. The fourth-order valence-electron chi connectivity index (χ4n) is 2.34. The summed E-state index contributed by atoms with van der Waals surface area (Å²) in [6, 6.07) is 15.5. The van der Waals surface area contributed by atoms with E-state index in [1.54, 1.807) is 0 Å². The Labute approximate surface area is 122 Å². The average Bonchev–Trinajstić information content (AvgIpc) is 2.46. The van der Waals surface area contributed by atoms with E-state index in [9.17, 15) is 4.79 Å². The number of aromatic nitrogens is 1. The summed E-state index contributed by atoms with van der Waals surface area (Å²) >= 11 is 0. The zero-order valence-corrected chi connectivity index (χ0v) is 11.8. The first-order valence-electron chi connectivity index (χ1n) is 6.84. The van der Waals surface area contributed by atoms with Crippen LogP contribution in [-0.2, 0) is 6.54 Å². The number of pyridine rings is 1. The molecule has 0 aliphatic rings. The largest absolute Gasteiger partial charge is 0.397 e. The Bertz CT molecular complexity index is 852. The highest BCUT2D eigenvalue weighted by atomic mass is 16.1. The van der Waals surface area contributed by atoms with E-state index >= 15 is 0 Å². The molecule has 0 radical (unpaired) electrons. The van der Waals surface area contributed by atoms with Gasteiger partial charge in [-0.2, -0.15) is 0 Å². The number of rotatable bonds is 3. The van der Waals surface area contributed by atoms with Gasteiger partial charge in [0, 0.05) is 17.6 Å². The molecule has 0 aliphatic carbocycles. The van der Waals surface area contributed by atoms with Crippen LogP contribution >= 0.6 is 0 Å². The third kappa shape index (κ3) is 2.74. The van der Waals surface area contributed by atoms with E-state index in [2.05, 4.69) is 10.3 Å². The molecule has 0 saturated heterocycles. The number of H-pyrrole nitrogens is 1. The van der Waals surface area contributed by atoms with Crippen molar-refractivity contribution in [2.45, 2.75) is 13.5 Å². The lowest BCUT2D eigenvalue weighted by atomic mass is 10.1. The van der Waals surface area contributed by atoms with Gasteiger partial charge in [0.25, 0.3) is 5.56 Å². The van der Waals surface area contributed by atoms with Crippen LogP contribution in [0.3, 0.4) is 0 Å². The Morgan fingerprint density at radius 2 is 1.95 bits per heavy atom. The van der Waals surface area contributed by atoms with Gasteiger partial charge in [-0.05, 0) is 42.1 Å². The van der Waals surface area contributed by atoms with Gasteiger partial charge in [-0.25, -0.2) is 0 Å². The fourth-order valence-corrected chi connectivity index (χ4v) is 2.34. The molecule has 1 heterocycles. The first-order valence-corrected chi connectivity index (χ1v) is 6.84. The van der Waals surface area contributed by atoms with Crippen LogP contribution in [0.15, 0.2) is 53.3 Å². The third-order valence-corrected chi connectivity index (χ3v) is 3.51. The summed E-state index contributed by atoms with van der Waals surface area (Å²) in [5.74, 6) is 0. The second kappa shape index (κ2) is 5.32. The SMILES string of the molecule is Cc1ccc2cc(CNc3ccccc3N)c(=O)[nH]c2c1. The second-order valence-electron chi connectivity index (χ2n) is 5.16. The van der Waals surface area contributed by atoms with Crippen LogP contribution in [-0.4, -0.2) is 4.98 Å². The van der Waals surface area contributed by atoms with E-state index in [1.165, 1.54) is 0 Å². The molecule has 0 spiro atoms. The van der Waals surface area contributed by atoms with Gasteiger partial charge in [-0.15, -0.1) is 0 Å². The van der Waals surface area contributed by atoms with E-state index in [4.69, 9.17) is 5.73 Å². The lowest BCUT2D eigenvalue weighted by Crippen LogP contribution is -2.16. The van der Waals surface area contributed by atoms with E-state index in [-0.39, 0.29) is 5.56 Å². The van der Waals surface area contributed by atoms with Crippen molar-refractivity contribution in [2.24, 2.45) is 0 Å². The molecule has 2 aromatic carbocycles. The molecule has 3 aromatic rings. The number of aryl methyl sites for hydroxylation is 1. The lowest BCUT2D eigenvalue weighted by molar-refractivity contribution is 1.09. The van der Waals surface area contributed by atoms with Crippen molar-refractivity contribution in [1.29, 1.82) is 0 Å². The molecular formula is C17H17N3O. The van der Waals surface area contributed by atoms with Crippen LogP contribution in [0.4, 0.5) is 11.4 Å². The summed E-state index contributed by atoms with van der Waals surface area (Å²) in [6.07, 6.45) is 0. The Morgan fingerprint density at radius 3 is 2.76 bits per heavy atom. The average molecular weight is 279 g/mol. The maximum absolute atomic E-state index is 12.1. The summed E-state index contributed by atoms with van der Waals surface area (Å²) in [5.41, 5.74) is 9.99. The molecule has 1 aromatic heterocycles. The molecule has 106 valence electrons. The van der Waals surface area contributed by atoms with Gasteiger partial charge in [0.1, 0.15) is 0 Å². The number of para-hydroxylation sites is 2. The van der Waals surface area contributed by atoms with Crippen LogP contribution in [0, 0.1) is 6.92 Å². The monoisotopic (exact) mass is 279 g/mol. The van der Waals surface area contributed by atoms with Crippen molar-refractivity contribution < 1.29 is 0 Å². The molecule has 0 fully saturated rings. The summed E-state index contributed by atoms with van der Waals surface area (Å²) in [4.78, 5) is 15.0. The molecule has 0 amide bonds. The minimum atomic E-state index is -0.0740. The van der Waals surface area contributed by atoms with Gasteiger partial charge in [0.2, 0.25) is 0 Å². The first kappa shape index (κ1) is 13.2. The number of anilines is 2. The van der Waals surface area contributed by atoms with Crippen LogP contribution < -0.4 is 16.6 Å². The number of benzene rings is 2. The maximum atomic E-state index is 12.1. The summed E-state index contributed by atoms with van der Waals surface area (Å²) in [6.45, 7) is 2.44. The van der Waals surface area contributed by atoms with Crippen molar-refractivity contribution in [3.63, 3.8) is 0 Å². The smallest absolute Gasteiger partial charge is 0.253 e. The molecule has 3 rings (SSSR count). The van der Waals surface area contributed by atoms with Crippen molar-refractivity contribution in [3.05, 3.63) is 70.0 Å². The molecule has 21 heavy (non-hydrogen) atoms. The van der Waals surface area contributed by atoms with Gasteiger partial charge >= 0.3 is 0 Å². The topological polar surface area (TPSA) is 70.9 Å². The predicted octanol–water partition coefficient (Wildman–Crippen LogP) is 3.03. The van der Waals surface area contributed by atoms with E-state index < -0.39 is 0 Å². The zero-order chi connectivity index (χ0) is 14.8. The van der Waals surface area contributed by atoms with E-state index in [1.807, 2.05) is 55.5 Å². The normalized spacial score (nSPS) is 10.7.